The lowest BCUT2D eigenvalue weighted by atomic mass is 9.85. The number of pyridine rings is 1. The predicted molar refractivity (Wildman–Crippen MR) is 73.4 cm³/mol. The van der Waals surface area contributed by atoms with Gasteiger partial charge >= 0.3 is 11.2 Å². The highest BCUT2D eigenvalue weighted by atomic mass is 16.6. The number of hydrogen-bond donors (Lipinski definition) is 0. The Morgan fingerprint density at radius 3 is 2.85 bits per heavy atom. The number of allylic oxidation sites excluding steroid dienone is 1. The zero-order valence-electron chi connectivity index (χ0n) is 11.1. The van der Waals surface area contributed by atoms with Crippen LogP contribution in [0.4, 0.5) is 5.69 Å². The second kappa shape index (κ2) is 4.86. The fourth-order valence-electron chi connectivity index (χ4n) is 3.04. The molecule has 0 aromatic carbocycles. The average molecular weight is 276 g/mol. The maximum atomic E-state index is 12.1. The number of nitrogens with zero attached hydrogens (tertiary/aromatic N) is 2. The molecule has 1 aliphatic heterocycles. The van der Waals surface area contributed by atoms with E-state index in [9.17, 15) is 14.9 Å². The van der Waals surface area contributed by atoms with E-state index >= 15 is 0 Å². The Morgan fingerprint density at radius 1 is 1.40 bits per heavy atom. The molecule has 2 aliphatic rings. The highest BCUT2D eigenvalue weighted by Gasteiger charge is 2.36. The molecule has 0 N–H and O–H groups in total. The Morgan fingerprint density at radius 2 is 2.25 bits per heavy atom. The maximum absolute atomic E-state index is 12.1. The van der Waals surface area contributed by atoms with Crippen molar-refractivity contribution >= 4 is 11.4 Å². The van der Waals surface area contributed by atoms with Gasteiger partial charge in [0.1, 0.15) is 0 Å². The van der Waals surface area contributed by atoms with E-state index < -0.39 is 10.5 Å². The fourth-order valence-corrected chi connectivity index (χ4v) is 3.04. The molecular formula is C14H16N2O4. The molecule has 1 saturated heterocycles. The Hall–Kier alpha value is -1.95. The highest BCUT2D eigenvalue weighted by molar-refractivity contribution is 5.49. The van der Waals surface area contributed by atoms with E-state index in [0.29, 0.717) is 6.42 Å². The molecular weight excluding hydrogens is 260 g/mol. The highest BCUT2D eigenvalue weighted by Crippen LogP contribution is 2.39. The minimum Gasteiger partial charge on any atom is -0.375 e. The first kappa shape index (κ1) is 13.1. The summed E-state index contributed by atoms with van der Waals surface area (Å²) < 4.78 is 7.21. The molecule has 2 heterocycles. The van der Waals surface area contributed by atoms with E-state index in [2.05, 4.69) is 0 Å². The van der Waals surface area contributed by atoms with Crippen LogP contribution in [0.3, 0.4) is 0 Å². The van der Waals surface area contributed by atoms with E-state index in [1.807, 2.05) is 6.08 Å². The molecule has 0 radical (unpaired) electrons. The quantitative estimate of drug-likeness (QED) is 0.613. The molecule has 1 spiro atoms. The SMILES string of the molecule is O=c1c([N+](=O)[O-])cccn1C1=CC[C@@]2(CCCO2)CC1. The van der Waals surface area contributed by atoms with Crippen molar-refractivity contribution in [2.45, 2.75) is 37.7 Å². The first-order valence-corrected chi connectivity index (χ1v) is 6.81. The summed E-state index contributed by atoms with van der Waals surface area (Å²) in [4.78, 5) is 22.3. The van der Waals surface area contributed by atoms with Crippen molar-refractivity contribution in [3.05, 3.63) is 44.9 Å². The lowest BCUT2D eigenvalue weighted by Gasteiger charge is -2.31. The molecule has 0 saturated carbocycles. The van der Waals surface area contributed by atoms with E-state index in [-0.39, 0.29) is 11.3 Å². The van der Waals surface area contributed by atoms with Crippen molar-refractivity contribution in [2.24, 2.45) is 0 Å². The zero-order valence-corrected chi connectivity index (χ0v) is 11.1. The Labute approximate surface area is 115 Å². The zero-order chi connectivity index (χ0) is 14.2. The molecule has 1 aromatic rings. The topological polar surface area (TPSA) is 74.4 Å². The molecule has 1 aliphatic carbocycles. The molecule has 1 atom stereocenters. The third-order valence-corrected chi connectivity index (χ3v) is 4.16. The minimum absolute atomic E-state index is 0.0617. The smallest absolute Gasteiger partial charge is 0.334 e. The molecule has 1 aromatic heterocycles. The molecule has 1 fully saturated rings. The Balaban J connectivity index is 1.91. The molecule has 0 unspecified atom stereocenters. The van der Waals surface area contributed by atoms with Crippen LogP contribution in [-0.4, -0.2) is 21.7 Å². The van der Waals surface area contributed by atoms with Gasteiger partial charge in [0.05, 0.1) is 10.5 Å². The molecule has 6 heteroatoms. The van der Waals surface area contributed by atoms with E-state index in [0.717, 1.165) is 38.0 Å². The predicted octanol–water partition coefficient (Wildman–Crippen LogP) is 2.33. The van der Waals surface area contributed by atoms with Gasteiger partial charge in [-0.2, -0.15) is 0 Å². The lowest BCUT2D eigenvalue weighted by molar-refractivity contribution is -0.386. The Bertz CT molecular complexity index is 626. The van der Waals surface area contributed by atoms with Crippen LogP contribution in [0.5, 0.6) is 0 Å². The summed E-state index contributed by atoms with van der Waals surface area (Å²) in [5.41, 5.74) is -0.175. The van der Waals surface area contributed by atoms with Crippen LogP contribution in [0.15, 0.2) is 29.2 Å². The molecule has 3 rings (SSSR count). The number of nitro groups is 1. The third kappa shape index (κ3) is 2.16. The summed E-state index contributed by atoms with van der Waals surface area (Å²) in [6.45, 7) is 0.805. The summed E-state index contributed by atoms with van der Waals surface area (Å²) in [5, 5.41) is 10.8. The number of rotatable bonds is 2. The van der Waals surface area contributed by atoms with Crippen molar-refractivity contribution in [1.29, 1.82) is 0 Å². The first-order valence-electron chi connectivity index (χ1n) is 6.81. The van der Waals surface area contributed by atoms with Crippen LogP contribution in [0, 0.1) is 10.1 Å². The minimum atomic E-state index is -0.635. The second-order valence-corrected chi connectivity index (χ2v) is 5.36. The van der Waals surface area contributed by atoms with Crippen molar-refractivity contribution < 1.29 is 9.66 Å². The van der Waals surface area contributed by atoms with Crippen LogP contribution in [0.25, 0.3) is 5.70 Å². The van der Waals surface area contributed by atoms with Gasteiger partial charge in [-0.05, 0) is 38.2 Å². The normalized spacial score (nSPS) is 25.7. The number of ether oxygens (including phenoxy) is 1. The third-order valence-electron chi connectivity index (χ3n) is 4.16. The fraction of sp³-hybridized carbons (Fsp3) is 0.500. The van der Waals surface area contributed by atoms with Crippen molar-refractivity contribution in [2.75, 3.05) is 6.61 Å². The second-order valence-electron chi connectivity index (χ2n) is 5.36. The van der Waals surface area contributed by atoms with Crippen LogP contribution in [0.1, 0.15) is 32.1 Å². The van der Waals surface area contributed by atoms with E-state index in [1.54, 1.807) is 6.20 Å². The molecule has 6 nitrogen and oxygen atoms in total. The van der Waals surface area contributed by atoms with Crippen LogP contribution < -0.4 is 5.56 Å². The van der Waals surface area contributed by atoms with Crippen molar-refractivity contribution in [3.63, 3.8) is 0 Å². The van der Waals surface area contributed by atoms with Gasteiger partial charge in [0, 0.05) is 24.6 Å². The van der Waals surface area contributed by atoms with Gasteiger partial charge in [-0.3, -0.25) is 19.5 Å². The van der Waals surface area contributed by atoms with Gasteiger partial charge in [-0.15, -0.1) is 0 Å². The van der Waals surface area contributed by atoms with Gasteiger partial charge in [0.15, 0.2) is 0 Å². The standard InChI is InChI=1S/C14H16N2O4/c17-13-12(16(18)19)3-1-9-15(13)11-4-7-14(8-5-11)6-2-10-20-14/h1,3-4,9H,2,5-8,10H2/t14-/m0/s1. The lowest BCUT2D eigenvalue weighted by Crippen LogP contribution is -2.31. The monoisotopic (exact) mass is 276 g/mol. The summed E-state index contributed by atoms with van der Waals surface area (Å²) in [6, 6.07) is 2.78. The molecule has 20 heavy (non-hydrogen) atoms. The van der Waals surface area contributed by atoms with Gasteiger partial charge < -0.3 is 4.74 Å². The molecule has 106 valence electrons. The average Bonchev–Trinajstić information content (AvgIpc) is 2.88. The van der Waals surface area contributed by atoms with Gasteiger partial charge in [0.2, 0.25) is 0 Å². The summed E-state index contributed by atoms with van der Waals surface area (Å²) >= 11 is 0. The van der Waals surface area contributed by atoms with Crippen LogP contribution in [0.2, 0.25) is 0 Å². The van der Waals surface area contributed by atoms with Crippen LogP contribution in [-0.2, 0) is 4.74 Å². The summed E-state index contributed by atoms with van der Waals surface area (Å²) in [6.07, 6.45) is 8.07. The van der Waals surface area contributed by atoms with Crippen LogP contribution >= 0.6 is 0 Å². The Kier molecular flexibility index (Phi) is 3.17. The summed E-state index contributed by atoms with van der Waals surface area (Å²) in [7, 11) is 0. The summed E-state index contributed by atoms with van der Waals surface area (Å²) in [5.74, 6) is 0. The van der Waals surface area contributed by atoms with E-state index in [1.165, 1.54) is 16.7 Å². The van der Waals surface area contributed by atoms with Gasteiger partial charge in [-0.25, -0.2) is 0 Å². The molecule has 0 bridgehead atoms. The number of aromatic nitrogens is 1. The maximum Gasteiger partial charge on any atom is 0.334 e. The first-order chi connectivity index (χ1) is 9.61. The number of hydrogen-bond acceptors (Lipinski definition) is 4. The van der Waals surface area contributed by atoms with Crippen molar-refractivity contribution in [3.8, 4) is 0 Å². The van der Waals surface area contributed by atoms with Crippen molar-refractivity contribution in [1.82, 2.24) is 4.57 Å². The largest absolute Gasteiger partial charge is 0.375 e. The van der Waals surface area contributed by atoms with E-state index in [4.69, 9.17) is 4.74 Å². The molecule has 0 amide bonds. The van der Waals surface area contributed by atoms with Gasteiger partial charge in [-0.1, -0.05) is 6.08 Å². The van der Waals surface area contributed by atoms with Gasteiger partial charge in [0.25, 0.3) is 0 Å².